The summed E-state index contributed by atoms with van der Waals surface area (Å²) in [6.45, 7) is 3.86. The average molecular weight is 473 g/mol. The van der Waals surface area contributed by atoms with Gasteiger partial charge in [-0.3, -0.25) is 0 Å². The van der Waals surface area contributed by atoms with Crippen molar-refractivity contribution in [1.29, 1.82) is 0 Å². The number of hydrogen-bond donors (Lipinski definition) is 0. The third kappa shape index (κ3) is 4.23. The zero-order valence-electron chi connectivity index (χ0n) is 17.0. The lowest BCUT2D eigenvalue weighted by Crippen LogP contribution is -2.15. The summed E-state index contributed by atoms with van der Waals surface area (Å²) in [5.41, 5.74) is 1.52. The summed E-state index contributed by atoms with van der Waals surface area (Å²) >= 11 is 3.50. The standard InChI is InChI=1S/C22H21BrN2O5/c1-13(2)30-17-11-10-14(12-16(17)23)19-18(21(26)28-3)20(22(27)29-4)25(24-19)15-8-6-5-7-9-15/h5-13H,1-4H3. The molecule has 156 valence electrons. The first-order valence-corrected chi connectivity index (χ1v) is 9.98. The number of halogens is 1. The van der Waals surface area contributed by atoms with E-state index in [2.05, 4.69) is 21.0 Å². The summed E-state index contributed by atoms with van der Waals surface area (Å²) in [7, 11) is 2.50. The van der Waals surface area contributed by atoms with Crippen molar-refractivity contribution in [2.45, 2.75) is 20.0 Å². The molecule has 3 aromatic rings. The maximum Gasteiger partial charge on any atom is 0.357 e. The lowest BCUT2D eigenvalue weighted by molar-refractivity contribution is 0.0549. The van der Waals surface area contributed by atoms with Crippen molar-refractivity contribution in [2.24, 2.45) is 0 Å². The minimum atomic E-state index is -0.697. The number of ether oxygens (including phenoxy) is 3. The fourth-order valence-electron chi connectivity index (χ4n) is 2.95. The minimum absolute atomic E-state index is 0.000923. The molecule has 0 aliphatic heterocycles. The van der Waals surface area contributed by atoms with Gasteiger partial charge in [0.15, 0.2) is 5.69 Å². The SMILES string of the molecule is COC(=O)c1c(-c2ccc(OC(C)C)c(Br)c2)nn(-c2ccccc2)c1C(=O)OC. The number of hydrogen-bond acceptors (Lipinski definition) is 6. The number of esters is 2. The van der Waals surface area contributed by atoms with E-state index in [0.717, 1.165) is 0 Å². The smallest absolute Gasteiger partial charge is 0.357 e. The quantitative estimate of drug-likeness (QED) is 0.485. The van der Waals surface area contributed by atoms with Gasteiger partial charge in [0.25, 0.3) is 0 Å². The lowest BCUT2D eigenvalue weighted by Gasteiger charge is -2.12. The summed E-state index contributed by atoms with van der Waals surface area (Å²) in [5, 5.41) is 4.57. The van der Waals surface area contributed by atoms with E-state index in [1.54, 1.807) is 30.3 Å². The van der Waals surface area contributed by atoms with Crippen LogP contribution in [0.15, 0.2) is 53.0 Å². The van der Waals surface area contributed by atoms with Crippen LogP contribution >= 0.6 is 15.9 Å². The van der Waals surface area contributed by atoms with Crippen LogP contribution in [-0.2, 0) is 9.47 Å². The summed E-state index contributed by atoms with van der Waals surface area (Å²) < 4.78 is 17.7. The van der Waals surface area contributed by atoms with E-state index >= 15 is 0 Å². The average Bonchev–Trinajstić information content (AvgIpc) is 3.15. The molecule has 0 aliphatic carbocycles. The molecule has 0 fully saturated rings. The highest BCUT2D eigenvalue weighted by molar-refractivity contribution is 9.10. The van der Waals surface area contributed by atoms with Gasteiger partial charge >= 0.3 is 11.9 Å². The van der Waals surface area contributed by atoms with Gasteiger partial charge in [-0.1, -0.05) is 18.2 Å². The Kier molecular flexibility index (Phi) is 6.56. The summed E-state index contributed by atoms with van der Waals surface area (Å²) in [6, 6.07) is 14.3. The molecule has 0 saturated carbocycles. The van der Waals surface area contributed by atoms with Crippen LogP contribution in [0.5, 0.6) is 5.75 Å². The molecule has 1 heterocycles. The second-order valence-electron chi connectivity index (χ2n) is 6.61. The van der Waals surface area contributed by atoms with E-state index in [1.165, 1.54) is 18.9 Å². The Balaban J connectivity index is 2.26. The Morgan fingerprint density at radius 1 is 1.00 bits per heavy atom. The number of para-hydroxylation sites is 1. The molecule has 0 saturated heterocycles. The number of benzene rings is 2. The predicted molar refractivity (Wildman–Crippen MR) is 115 cm³/mol. The van der Waals surface area contributed by atoms with Crippen LogP contribution in [-0.4, -0.2) is 42.0 Å². The van der Waals surface area contributed by atoms with E-state index < -0.39 is 11.9 Å². The Morgan fingerprint density at radius 2 is 1.67 bits per heavy atom. The second-order valence-corrected chi connectivity index (χ2v) is 7.47. The maximum atomic E-state index is 12.7. The summed E-state index contributed by atoms with van der Waals surface area (Å²) in [5.74, 6) is -0.730. The van der Waals surface area contributed by atoms with Crippen LogP contribution in [0.2, 0.25) is 0 Å². The maximum absolute atomic E-state index is 12.7. The largest absolute Gasteiger partial charge is 0.490 e. The van der Waals surface area contributed by atoms with Crippen molar-refractivity contribution in [3.8, 4) is 22.7 Å². The van der Waals surface area contributed by atoms with Gasteiger partial charge in [-0.15, -0.1) is 0 Å². The van der Waals surface area contributed by atoms with E-state index in [0.29, 0.717) is 27.2 Å². The first-order valence-electron chi connectivity index (χ1n) is 9.19. The molecule has 7 nitrogen and oxygen atoms in total. The topological polar surface area (TPSA) is 79.7 Å². The van der Waals surface area contributed by atoms with Crippen molar-refractivity contribution in [3.63, 3.8) is 0 Å². The molecule has 30 heavy (non-hydrogen) atoms. The number of methoxy groups -OCH3 is 2. The number of aromatic nitrogens is 2. The van der Waals surface area contributed by atoms with Gasteiger partial charge < -0.3 is 14.2 Å². The predicted octanol–water partition coefficient (Wildman–Crippen LogP) is 4.66. The number of nitrogens with zero attached hydrogens (tertiary/aromatic N) is 2. The summed E-state index contributed by atoms with van der Waals surface area (Å²) in [4.78, 5) is 25.3. The minimum Gasteiger partial charge on any atom is -0.490 e. The Morgan fingerprint density at radius 3 is 2.23 bits per heavy atom. The van der Waals surface area contributed by atoms with Crippen LogP contribution in [0.1, 0.15) is 34.7 Å². The Labute approximate surface area is 182 Å². The highest BCUT2D eigenvalue weighted by Gasteiger charge is 2.31. The second kappa shape index (κ2) is 9.13. The van der Waals surface area contributed by atoms with Gasteiger partial charge in [0.2, 0.25) is 0 Å². The van der Waals surface area contributed by atoms with Gasteiger partial charge in [0.05, 0.1) is 30.5 Å². The van der Waals surface area contributed by atoms with E-state index in [1.807, 2.05) is 32.0 Å². The van der Waals surface area contributed by atoms with Crippen LogP contribution < -0.4 is 4.74 Å². The van der Waals surface area contributed by atoms with Crippen molar-refractivity contribution in [1.82, 2.24) is 9.78 Å². The number of rotatable bonds is 6. The first-order chi connectivity index (χ1) is 14.4. The summed E-state index contributed by atoms with van der Waals surface area (Å²) in [6.07, 6.45) is 0.000923. The first kappa shape index (κ1) is 21.6. The van der Waals surface area contributed by atoms with Gasteiger partial charge in [-0.2, -0.15) is 5.10 Å². The van der Waals surface area contributed by atoms with E-state index in [4.69, 9.17) is 14.2 Å². The molecule has 1 aromatic heterocycles. The van der Waals surface area contributed by atoms with Crippen LogP contribution in [0, 0.1) is 0 Å². The molecular weight excluding hydrogens is 452 g/mol. The number of carbonyl (C=O) groups is 2. The van der Waals surface area contributed by atoms with Crippen LogP contribution in [0.25, 0.3) is 16.9 Å². The molecule has 8 heteroatoms. The molecule has 0 amide bonds. The molecule has 0 spiro atoms. The molecule has 0 bridgehead atoms. The van der Waals surface area contributed by atoms with Crippen molar-refractivity contribution in [2.75, 3.05) is 14.2 Å². The highest BCUT2D eigenvalue weighted by Crippen LogP contribution is 2.34. The van der Waals surface area contributed by atoms with E-state index in [-0.39, 0.29) is 17.4 Å². The molecule has 3 rings (SSSR count). The zero-order chi connectivity index (χ0) is 21.8. The molecule has 2 aromatic carbocycles. The van der Waals surface area contributed by atoms with Crippen LogP contribution in [0.3, 0.4) is 0 Å². The van der Waals surface area contributed by atoms with Crippen molar-refractivity contribution >= 4 is 27.9 Å². The van der Waals surface area contributed by atoms with Gasteiger partial charge in [-0.25, -0.2) is 14.3 Å². The Hall–Kier alpha value is -3.13. The molecule has 0 atom stereocenters. The molecule has 0 radical (unpaired) electrons. The fraction of sp³-hybridized carbons (Fsp3) is 0.227. The van der Waals surface area contributed by atoms with Crippen molar-refractivity contribution in [3.05, 3.63) is 64.3 Å². The third-order valence-electron chi connectivity index (χ3n) is 4.22. The van der Waals surface area contributed by atoms with Crippen molar-refractivity contribution < 1.29 is 23.8 Å². The molecule has 0 unspecified atom stereocenters. The van der Waals surface area contributed by atoms with Gasteiger partial charge in [0, 0.05) is 5.56 Å². The highest BCUT2D eigenvalue weighted by atomic mass is 79.9. The lowest BCUT2D eigenvalue weighted by atomic mass is 10.1. The monoisotopic (exact) mass is 472 g/mol. The third-order valence-corrected chi connectivity index (χ3v) is 4.84. The Bertz CT molecular complexity index is 1080. The normalized spacial score (nSPS) is 10.7. The fourth-order valence-corrected chi connectivity index (χ4v) is 3.43. The zero-order valence-corrected chi connectivity index (χ0v) is 18.6. The molecule has 0 N–H and O–H groups in total. The number of carbonyl (C=O) groups excluding carboxylic acids is 2. The van der Waals surface area contributed by atoms with Crippen LogP contribution in [0.4, 0.5) is 0 Å². The van der Waals surface area contributed by atoms with E-state index in [9.17, 15) is 9.59 Å². The molecular formula is C22H21BrN2O5. The molecule has 0 aliphatic rings. The van der Waals surface area contributed by atoms with Gasteiger partial charge in [0.1, 0.15) is 17.0 Å². The van der Waals surface area contributed by atoms with Gasteiger partial charge in [-0.05, 0) is 60.1 Å².